The van der Waals surface area contributed by atoms with Crippen LogP contribution in [0.15, 0.2) is 70.5 Å². The van der Waals surface area contributed by atoms with E-state index in [0.717, 1.165) is 22.6 Å². The molecule has 3 unspecified atom stereocenters. The van der Waals surface area contributed by atoms with Crippen molar-refractivity contribution in [2.45, 2.75) is 22.6 Å². The van der Waals surface area contributed by atoms with Crippen LogP contribution in [0, 0.1) is 17.8 Å². The van der Waals surface area contributed by atoms with Crippen molar-refractivity contribution in [1.82, 2.24) is 0 Å². The molecule has 1 N–H and O–H groups in total. The Balaban J connectivity index is 1.33. The van der Waals surface area contributed by atoms with E-state index in [1.165, 1.54) is 11.8 Å². The van der Waals surface area contributed by atoms with Gasteiger partial charge in [0.1, 0.15) is 0 Å². The molecule has 2 aliphatic rings. The van der Waals surface area contributed by atoms with Gasteiger partial charge in [-0.1, -0.05) is 47.6 Å². The van der Waals surface area contributed by atoms with Crippen molar-refractivity contribution in [1.29, 1.82) is 0 Å². The number of rotatable bonds is 6. The lowest BCUT2D eigenvalue weighted by Crippen LogP contribution is -2.26. The van der Waals surface area contributed by atoms with E-state index < -0.39 is 0 Å². The summed E-state index contributed by atoms with van der Waals surface area (Å²) >= 11 is 7.46. The van der Waals surface area contributed by atoms with E-state index in [0.29, 0.717) is 16.6 Å². The third kappa shape index (κ3) is 4.42. The Bertz CT molecular complexity index is 912. The molecule has 0 radical (unpaired) electrons. The van der Waals surface area contributed by atoms with Gasteiger partial charge in [-0.15, -0.1) is 0 Å². The Kier molecular flexibility index (Phi) is 5.74. The Morgan fingerprint density at radius 1 is 1.07 bits per heavy atom. The van der Waals surface area contributed by atoms with E-state index in [-0.39, 0.29) is 30.3 Å². The molecular weight excluding hydrogens is 394 g/mol. The molecule has 2 aliphatic carbocycles. The van der Waals surface area contributed by atoms with Crippen molar-refractivity contribution in [2.24, 2.45) is 17.8 Å². The minimum atomic E-state index is -0.337. The molecule has 4 rings (SSSR count). The fourth-order valence-electron chi connectivity index (χ4n) is 3.77. The molecule has 144 valence electrons. The Morgan fingerprint density at radius 2 is 1.86 bits per heavy atom. The molecule has 2 bridgehead atoms. The number of nitrogens with one attached hydrogen (secondary N) is 1. The van der Waals surface area contributed by atoms with Crippen LogP contribution in [-0.2, 0) is 14.3 Å². The maximum Gasteiger partial charge on any atom is 0.310 e. The minimum Gasteiger partial charge on any atom is -0.455 e. The molecular formula is C22H20ClNO3S. The van der Waals surface area contributed by atoms with Crippen LogP contribution in [-0.4, -0.2) is 18.5 Å². The molecule has 28 heavy (non-hydrogen) atoms. The van der Waals surface area contributed by atoms with Crippen LogP contribution in [0.5, 0.6) is 0 Å². The lowest BCUT2D eigenvalue weighted by atomic mass is 9.94. The van der Waals surface area contributed by atoms with Crippen LogP contribution in [0.1, 0.15) is 12.8 Å². The van der Waals surface area contributed by atoms with Gasteiger partial charge in [-0.3, -0.25) is 9.59 Å². The van der Waals surface area contributed by atoms with Gasteiger partial charge in [0, 0.05) is 14.8 Å². The first kappa shape index (κ1) is 19.1. The normalized spacial score (nSPS) is 22.2. The zero-order valence-corrected chi connectivity index (χ0v) is 16.7. The van der Waals surface area contributed by atoms with Crippen molar-refractivity contribution in [3.8, 4) is 0 Å². The fourth-order valence-corrected chi connectivity index (χ4v) is 4.80. The summed E-state index contributed by atoms with van der Waals surface area (Å²) in [5.41, 5.74) is 0.686. The topological polar surface area (TPSA) is 55.4 Å². The van der Waals surface area contributed by atoms with Gasteiger partial charge >= 0.3 is 5.97 Å². The quantitative estimate of drug-likeness (QED) is 0.523. The SMILES string of the molecule is O=C(COC(=O)C1CC2C=CC1C2)Nc1ccccc1Sc1ccc(Cl)cc1. The number of para-hydroxylation sites is 1. The molecule has 0 spiro atoms. The number of ether oxygens (including phenoxy) is 1. The number of benzene rings is 2. The second-order valence-electron chi connectivity index (χ2n) is 7.09. The number of carbonyl (C=O) groups is 2. The summed E-state index contributed by atoms with van der Waals surface area (Å²) in [6, 6.07) is 15.0. The van der Waals surface area contributed by atoms with E-state index in [4.69, 9.17) is 16.3 Å². The van der Waals surface area contributed by atoms with Crippen LogP contribution in [0.25, 0.3) is 0 Å². The molecule has 2 aromatic rings. The van der Waals surface area contributed by atoms with Crippen LogP contribution in [0.3, 0.4) is 0 Å². The number of hydrogen-bond acceptors (Lipinski definition) is 4. The Hall–Kier alpha value is -2.24. The molecule has 2 aromatic carbocycles. The average molecular weight is 414 g/mol. The highest BCUT2D eigenvalue weighted by Crippen LogP contribution is 2.43. The van der Waals surface area contributed by atoms with Gasteiger partial charge in [0.25, 0.3) is 5.91 Å². The number of esters is 1. The van der Waals surface area contributed by atoms with Gasteiger partial charge in [-0.25, -0.2) is 0 Å². The number of fused-ring (bicyclic) bond motifs is 2. The molecule has 0 heterocycles. The summed E-state index contributed by atoms with van der Waals surface area (Å²) in [6.45, 7) is -0.267. The lowest BCUT2D eigenvalue weighted by molar-refractivity contribution is -0.152. The van der Waals surface area contributed by atoms with Crippen LogP contribution < -0.4 is 5.32 Å². The third-order valence-corrected chi connectivity index (χ3v) is 6.47. The van der Waals surface area contributed by atoms with Gasteiger partial charge < -0.3 is 10.1 Å². The maximum atomic E-state index is 12.3. The van der Waals surface area contributed by atoms with Crippen LogP contribution in [0.4, 0.5) is 5.69 Å². The molecule has 0 aliphatic heterocycles. The minimum absolute atomic E-state index is 0.101. The number of anilines is 1. The number of carbonyl (C=O) groups excluding carboxylic acids is 2. The monoisotopic (exact) mass is 413 g/mol. The molecule has 0 aromatic heterocycles. The summed E-state index contributed by atoms with van der Waals surface area (Å²) in [7, 11) is 0. The van der Waals surface area contributed by atoms with Crippen LogP contribution >= 0.6 is 23.4 Å². The summed E-state index contributed by atoms with van der Waals surface area (Å²) in [5.74, 6) is 0.0628. The zero-order chi connectivity index (χ0) is 19.5. The molecule has 6 heteroatoms. The van der Waals surface area contributed by atoms with Gasteiger partial charge in [0.2, 0.25) is 0 Å². The molecule has 4 nitrogen and oxygen atoms in total. The van der Waals surface area contributed by atoms with Crippen LogP contribution in [0.2, 0.25) is 5.02 Å². The standard InChI is InChI=1S/C22H20ClNO3S/c23-16-7-9-17(10-8-16)28-20-4-2-1-3-19(20)24-21(25)13-27-22(26)18-12-14-5-6-15(18)11-14/h1-10,14-15,18H,11-13H2,(H,24,25). The Labute approximate surface area is 173 Å². The number of halogens is 1. The average Bonchev–Trinajstić information content (AvgIpc) is 3.33. The fraction of sp³-hybridized carbons (Fsp3) is 0.273. The van der Waals surface area contributed by atoms with Crippen molar-refractivity contribution in [3.05, 3.63) is 65.7 Å². The first-order valence-corrected chi connectivity index (χ1v) is 10.5. The van der Waals surface area contributed by atoms with E-state index in [1.54, 1.807) is 0 Å². The highest BCUT2D eigenvalue weighted by molar-refractivity contribution is 7.99. The third-order valence-electron chi connectivity index (χ3n) is 5.13. The van der Waals surface area contributed by atoms with Crippen molar-refractivity contribution in [3.63, 3.8) is 0 Å². The lowest BCUT2D eigenvalue weighted by Gasteiger charge is -2.16. The van der Waals surface area contributed by atoms with E-state index in [9.17, 15) is 9.59 Å². The number of allylic oxidation sites excluding steroid dienone is 2. The van der Waals surface area contributed by atoms with Gasteiger partial charge in [0.15, 0.2) is 6.61 Å². The second kappa shape index (κ2) is 8.41. The molecule has 1 amide bonds. The summed E-state index contributed by atoms with van der Waals surface area (Å²) < 4.78 is 5.28. The predicted molar refractivity (Wildman–Crippen MR) is 110 cm³/mol. The summed E-state index contributed by atoms with van der Waals surface area (Å²) in [5, 5.41) is 3.52. The summed E-state index contributed by atoms with van der Waals surface area (Å²) in [4.78, 5) is 26.5. The molecule has 1 fully saturated rings. The maximum absolute atomic E-state index is 12.3. The van der Waals surface area contributed by atoms with Gasteiger partial charge in [-0.2, -0.15) is 0 Å². The van der Waals surface area contributed by atoms with Crippen molar-refractivity contribution in [2.75, 3.05) is 11.9 Å². The first-order chi connectivity index (χ1) is 13.6. The molecule has 3 atom stereocenters. The Morgan fingerprint density at radius 3 is 2.57 bits per heavy atom. The van der Waals surface area contributed by atoms with E-state index in [2.05, 4.69) is 17.5 Å². The van der Waals surface area contributed by atoms with Crippen molar-refractivity contribution < 1.29 is 14.3 Å². The van der Waals surface area contributed by atoms with Gasteiger partial charge in [0.05, 0.1) is 11.6 Å². The molecule has 0 saturated heterocycles. The second-order valence-corrected chi connectivity index (χ2v) is 8.65. The number of amides is 1. The predicted octanol–water partition coefficient (Wildman–Crippen LogP) is 5.19. The highest BCUT2D eigenvalue weighted by Gasteiger charge is 2.40. The molecule has 1 saturated carbocycles. The summed E-state index contributed by atoms with van der Waals surface area (Å²) in [6.07, 6.45) is 6.14. The van der Waals surface area contributed by atoms with E-state index in [1.807, 2.05) is 48.5 Å². The first-order valence-electron chi connectivity index (χ1n) is 9.26. The number of hydrogen-bond donors (Lipinski definition) is 1. The highest BCUT2D eigenvalue weighted by atomic mass is 35.5. The zero-order valence-electron chi connectivity index (χ0n) is 15.1. The van der Waals surface area contributed by atoms with Gasteiger partial charge in [-0.05, 0) is 61.1 Å². The largest absolute Gasteiger partial charge is 0.455 e. The van der Waals surface area contributed by atoms with Crippen molar-refractivity contribution >= 4 is 40.9 Å². The van der Waals surface area contributed by atoms with E-state index >= 15 is 0 Å². The smallest absolute Gasteiger partial charge is 0.310 e.